The predicted octanol–water partition coefficient (Wildman–Crippen LogP) is 2.26. The summed E-state index contributed by atoms with van der Waals surface area (Å²) in [6.45, 7) is -0.0697. The monoisotopic (exact) mass is 368 g/mol. The average molecular weight is 368 g/mol. The molecule has 1 fully saturated rings. The van der Waals surface area contributed by atoms with E-state index >= 15 is 0 Å². The molecule has 0 bridgehead atoms. The van der Waals surface area contributed by atoms with Crippen molar-refractivity contribution < 1.29 is 29.2 Å². The first-order valence-corrected chi connectivity index (χ1v) is 9.25. The third-order valence-electron chi connectivity index (χ3n) is 4.06. The Kier molecular flexibility index (Phi) is 4.76. The van der Waals surface area contributed by atoms with E-state index in [1.807, 2.05) is 18.2 Å². The van der Waals surface area contributed by atoms with E-state index in [-0.39, 0.29) is 24.4 Å². The number of carbonyl (C=O) groups is 1. The van der Waals surface area contributed by atoms with Crippen molar-refractivity contribution in [1.29, 1.82) is 0 Å². The van der Waals surface area contributed by atoms with Crippen LogP contribution in [0.5, 0.6) is 5.75 Å². The number of fused-ring (bicyclic) bond motifs is 1. The van der Waals surface area contributed by atoms with Crippen LogP contribution in [0.1, 0.15) is 18.4 Å². The van der Waals surface area contributed by atoms with Crippen LogP contribution in [0.2, 0.25) is 0 Å². The number of carboxylic acids is 1. The summed E-state index contributed by atoms with van der Waals surface area (Å²) < 4.78 is 23.5. The number of anilines is 1. The number of aliphatic hydroxyl groups is 1. The number of carboxylic acid groups (broad SMARTS) is 1. The van der Waals surface area contributed by atoms with E-state index in [1.165, 1.54) is 6.07 Å². The maximum atomic E-state index is 10.6. The highest BCUT2D eigenvalue weighted by molar-refractivity contribution is 8.24. The lowest BCUT2D eigenvalue weighted by molar-refractivity contribution is -0.137. The number of aliphatic hydroxyl groups excluding tert-OH is 1. The van der Waals surface area contributed by atoms with Crippen molar-refractivity contribution in [3.8, 4) is 5.75 Å². The second-order valence-electron chi connectivity index (χ2n) is 5.98. The Morgan fingerprint density at radius 3 is 2.64 bits per heavy atom. The summed E-state index contributed by atoms with van der Waals surface area (Å²) >= 11 is 0. The maximum Gasteiger partial charge on any atom is 0.303 e. The second-order valence-corrected chi connectivity index (χ2v) is 7.70. The maximum absolute atomic E-state index is 10.6. The topological polar surface area (TPSA) is 133 Å². The number of nitrogens with one attached hydrogen (secondary N) is 1. The van der Waals surface area contributed by atoms with E-state index in [4.69, 9.17) is 5.11 Å². The van der Waals surface area contributed by atoms with Crippen LogP contribution in [0, 0.1) is 0 Å². The third kappa shape index (κ3) is 3.80. The van der Waals surface area contributed by atoms with Crippen LogP contribution in [-0.2, 0) is 11.2 Å². The molecule has 1 atom stereocenters. The van der Waals surface area contributed by atoms with Gasteiger partial charge in [0.15, 0.2) is 0 Å². The minimum atomic E-state index is -3.41. The summed E-state index contributed by atoms with van der Waals surface area (Å²) in [4.78, 5) is 10.6. The molecule has 6 N–H and O–H groups in total. The Morgan fingerprint density at radius 1 is 1.24 bits per heavy atom. The highest BCUT2D eigenvalue weighted by Crippen LogP contribution is 2.50. The molecule has 3 rings (SSSR count). The second kappa shape index (κ2) is 6.70. The van der Waals surface area contributed by atoms with Crippen LogP contribution in [0.15, 0.2) is 30.3 Å². The van der Waals surface area contributed by atoms with E-state index in [0.29, 0.717) is 12.8 Å². The van der Waals surface area contributed by atoms with Gasteiger partial charge in [-0.15, -0.1) is 0 Å². The number of benzene rings is 2. The van der Waals surface area contributed by atoms with Crippen molar-refractivity contribution in [1.82, 2.24) is 4.72 Å². The Bertz CT molecular complexity index is 813. The van der Waals surface area contributed by atoms with Gasteiger partial charge < -0.3 is 15.3 Å². The van der Waals surface area contributed by atoms with Crippen LogP contribution in [-0.4, -0.2) is 43.2 Å². The minimum absolute atomic E-state index is 0.0697. The summed E-state index contributed by atoms with van der Waals surface area (Å²) in [5, 5.41) is 30.1. The molecule has 0 radical (unpaired) electrons. The van der Waals surface area contributed by atoms with Gasteiger partial charge in [-0.3, -0.25) is 18.2 Å². The van der Waals surface area contributed by atoms with Gasteiger partial charge >= 0.3 is 5.97 Å². The molecule has 136 valence electrons. The smallest absolute Gasteiger partial charge is 0.303 e. The van der Waals surface area contributed by atoms with Crippen molar-refractivity contribution in [2.24, 2.45) is 0 Å². The van der Waals surface area contributed by atoms with Crippen molar-refractivity contribution in [3.05, 3.63) is 35.9 Å². The van der Waals surface area contributed by atoms with E-state index in [0.717, 1.165) is 20.6 Å². The highest BCUT2D eigenvalue weighted by atomic mass is 32.3. The molecule has 0 aliphatic carbocycles. The summed E-state index contributed by atoms with van der Waals surface area (Å²) in [6.07, 6.45) is 0.117. The molecule has 8 nitrogen and oxygen atoms in total. The lowest BCUT2D eigenvalue weighted by Gasteiger charge is -2.37. The Labute approximate surface area is 145 Å². The number of rotatable bonds is 5. The number of hydrogen-bond donors (Lipinski definition) is 6. The van der Waals surface area contributed by atoms with Gasteiger partial charge in [0.05, 0.1) is 6.54 Å². The third-order valence-corrected chi connectivity index (χ3v) is 5.61. The van der Waals surface area contributed by atoms with E-state index in [1.54, 1.807) is 6.07 Å². The molecule has 1 unspecified atom stereocenters. The zero-order valence-corrected chi connectivity index (χ0v) is 14.1. The van der Waals surface area contributed by atoms with Gasteiger partial charge in [-0.05, 0) is 41.3 Å². The van der Waals surface area contributed by atoms with Crippen molar-refractivity contribution in [2.45, 2.75) is 25.5 Å². The van der Waals surface area contributed by atoms with E-state index < -0.39 is 23.2 Å². The summed E-state index contributed by atoms with van der Waals surface area (Å²) in [5.74, 6) is -0.958. The van der Waals surface area contributed by atoms with Gasteiger partial charge in [0, 0.05) is 6.42 Å². The number of aliphatic carboxylic acids is 1. The molecule has 1 aliphatic rings. The molecule has 2 aromatic rings. The van der Waals surface area contributed by atoms with Crippen molar-refractivity contribution >= 4 is 33.4 Å². The first-order valence-electron chi connectivity index (χ1n) is 7.75. The highest BCUT2D eigenvalue weighted by Gasteiger charge is 2.36. The van der Waals surface area contributed by atoms with Crippen LogP contribution >= 0.6 is 11.0 Å². The van der Waals surface area contributed by atoms with Gasteiger partial charge in [-0.2, -0.15) is 4.72 Å². The van der Waals surface area contributed by atoms with Crippen LogP contribution in [0.3, 0.4) is 0 Å². The van der Waals surface area contributed by atoms with Gasteiger partial charge in [0.1, 0.15) is 17.7 Å². The van der Waals surface area contributed by atoms with Gasteiger partial charge in [-0.25, -0.2) is 0 Å². The number of β-amino-alcohol motifs (C(OH)–C–C–N with tert-alkyl or cyclic N) is 1. The molecule has 9 heteroatoms. The van der Waals surface area contributed by atoms with E-state index in [9.17, 15) is 24.1 Å². The van der Waals surface area contributed by atoms with Gasteiger partial charge in [-0.1, -0.05) is 29.2 Å². The minimum Gasteiger partial charge on any atom is -0.506 e. The number of hydrogen-bond acceptors (Lipinski definition) is 7. The SMILES string of the molecule is O=C(O)CCCc1ccc2cc(O)c(N3CC(O)NS3(O)O)cc2c1. The predicted molar refractivity (Wildman–Crippen MR) is 95.5 cm³/mol. The lowest BCUT2D eigenvalue weighted by Crippen LogP contribution is -2.25. The Morgan fingerprint density at radius 2 is 2.00 bits per heavy atom. The number of aryl methyl sites for hydroxylation is 1. The largest absolute Gasteiger partial charge is 0.506 e. The molecule has 0 amide bonds. The zero-order chi connectivity index (χ0) is 18.2. The zero-order valence-electron chi connectivity index (χ0n) is 13.3. The summed E-state index contributed by atoms with van der Waals surface area (Å²) in [6, 6.07) is 8.72. The van der Waals surface area contributed by atoms with Crippen LogP contribution in [0.25, 0.3) is 10.8 Å². The van der Waals surface area contributed by atoms with E-state index in [2.05, 4.69) is 4.72 Å². The number of phenolic OH excluding ortho intramolecular Hbond substituents is 1. The average Bonchev–Trinajstić information content (AvgIpc) is 2.79. The molecule has 0 spiro atoms. The molecular weight excluding hydrogens is 348 g/mol. The number of phenols is 1. The van der Waals surface area contributed by atoms with Crippen LogP contribution in [0.4, 0.5) is 5.69 Å². The fraction of sp³-hybridized carbons (Fsp3) is 0.312. The van der Waals surface area contributed by atoms with Gasteiger partial charge in [0.2, 0.25) is 0 Å². The summed E-state index contributed by atoms with van der Waals surface area (Å²) in [5.41, 5.74) is 1.16. The lowest BCUT2D eigenvalue weighted by atomic mass is 10.0. The van der Waals surface area contributed by atoms with Crippen LogP contribution < -0.4 is 9.03 Å². The first kappa shape index (κ1) is 17.8. The number of aromatic hydroxyl groups is 1. The molecule has 0 aromatic heterocycles. The fourth-order valence-corrected chi connectivity index (χ4v) is 4.24. The fourth-order valence-electron chi connectivity index (χ4n) is 2.90. The normalized spacial score (nSPS) is 20.8. The summed E-state index contributed by atoms with van der Waals surface area (Å²) in [7, 11) is -3.41. The Balaban J connectivity index is 1.92. The molecule has 1 saturated heterocycles. The van der Waals surface area contributed by atoms with Crippen molar-refractivity contribution in [3.63, 3.8) is 0 Å². The molecule has 0 saturated carbocycles. The molecule has 2 aromatic carbocycles. The molecule has 1 heterocycles. The number of nitrogens with zero attached hydrogens (tertiary/aromatic N) is 1. The molecular formula is C16H20N2O6S. The Hall–Kier alpha value is -2.04. The van der Waals surface area contributed by atoms with Crippen molar-refractivity contribution in [2.75, 3.05) is 10.8 Å². The quantitative estimate of drug-likeness (QED) is 0.473. The first-order chi connectivity index (χ1) is 11.8. The standard InChI is InChI=1S/C16H20N2O6S/c19-14-8-11-5-4-10(2-1-3-16(21)22)6-12(11)7-13(14)18-9-15(20)17-25(18,23)24/h4-8,15,17,19-20,23-24H,1-3,9H2,(H,21,22). The molecule has 1 aliphatic heterocycles. The van der Waals surface area contributed by atoms with Gasteiger partial charge in [0.25, 0.3) is 0 Å². The molecule has 25 heavy (non-hydrogen) atoms.